The number of anilines is 2. The Morgan fingerprint density at radius 1 is 1.41 bits per heavy atom. The Morgan fingerprint density at radius 2 is 2.14 bits per heavy atom. The Labute approximate surface area is 128 Å². The molecule has 0 aliphatic carbocycles. The minimum Gasteiger partial charge on any atom is -0.474 e. The minimum atomic E-state index is -1.10. The van der Waals surface area contributed by atoms with Crippen molar-refractivity contribution < 1.29 is 23.8 Å². The van der Waals surface area contributed by atoms with Gasteiger partial charge in [0.1, 0.15) is 19.0 Å². The number of ether oxygens (including phenoxy) is 3. The molecular weight excluding hydrogens is 290 g/mol. The van der Waals surface area contributed by atoms with Gasteiger partial charge in [0.2, 0.25) is 0 Å². The number of fused-ring (bicyclic) bond motifs is 1. The van der Waals surface area contributed by atoms with Gasteiger partial charge in [-0.1, -0.05) is 0 Å². The largest absolute Gasteiger partial charge is 0.474 e. The van der Waals surface area contributed by atoms with E-state index in [0.717, 1.165) is 0 Å². The quantitative estimate of drug-likeness (QED) is 0.618. The van der Waals surface area contributed by atoms with Gasteiger partial charge >= 0.3 is 5.97 Å². The molecule has 0 atom stereocenters. The maximum atomic E-state index is 12.5. The van der Waals surface area contributed by atoms with Crippen molar-refractivity contribution in [1.82, 2.24) is 4.98 Å². The van der Waals surface area contributed by atoms with Crippen LogP contribution in [0.4, 0.5) is 11.6 Å². The van der Waals surface area contributed by atoms with Crippen molar-refractivity contribution in [2.45, 2.75) is 19.4 Å². The maximum Gasteiger partial charge on any atom is 0.326 e. The molecule has 0 saturated carbocycles. The van der Waals surface area contributed by atoms with E-state index in [0.29, 0.717) is 5.75 Å². The van der Waals surface area contributed by atoms with Crippen LogP contribution in [0, 0.1) is 0 Å². The second-order valence-electron chi connectivity index (χ2n) is 5.27. The molecule has 2 rings (SSSR count). The summed E-state index contributed by atoms with van der Waals surface area (Å²) in [4.78, 5) is 29.7. The fourth-order valence-corrected chi connectivity index (χ4v) is 2.02. The molecule has 1 aliphatic heterocycles. The molecular formula is C14H19N3O5. The third-order valence-electron chi connectivity index (χ3n) is 3.08. The van der Waals surface area contributed by atoms with Crippen LogP contribution < -0.4 is 15.4 Å². The van der Waals surface area contributed by atoms with E-state index >= 15 is 0 Å². The van der Waals surface area contributed by atoms with Crippen molar-refractivity contribution in [1.29, 1.82) is 0 Å². The zero-order valence-corrected chi connectivity index (χ0v) is 12.8. The highest BCUT2D eigenvalue weighted by Gasteiger charge is 2.42. The number of nitrogen functional groups attached to an aromatic ring is 1. The number of rotatable bonds is 5. The Kier molecular flexibility index (Phi) is 4.51. The fourth-order valence-electron chi connectivity index (χ4n) is 2.02. The molecule has 0 aromatic carbocycles. The van der Waals surface area contributed by atoms with Crippen LogP contribution in [0.3, 0.4) is 0 Å². The molecule has 8 nitrogen and oxygen atoms in total. The predicted molar refractivity (Wildman–Crippen MR) is 78.5 cm³/mol. The third kappa shape index (κ3) is 3.28. The highest BCUT2D eigenvalue weighted by atomic mass is 16.6. The lowest BCUT2D eigenvalue weighted by molar-refractivity contribution is -0.145. The second kappa shape index (κ2) is 6.18. The summed E-state index contributed by atoms with van der Waals surface area (Å²) < 4.78 is 15.4. The van der Waals surface area contributed by atoms with Crippen LogP contribution in [0.5, 0.6) is 5.75 Å². The van der Waals surface area contributed by atoms with E-state index in [2.05, 4.69) is 4.98 Å². The average molecular weight is 309 g/mol. The maximum absolute atomic E-state index is 12.5. The van der Waals surface area contributed by atoms with Crippen molar-refractivity contribution in [3.8, 4) is 5.75 Å². The van der Waals surface area contributed by atoms with Crippen LogP contribution in [0.25, 0.3) is 0 Å². The molecule has 2 heterocycles. The van der Waals surface area contributed by atoms with E-state index in [-0.39, 0.29) is 37.3 Å². The zero-order chi connectivity index (χ0) is 16.3. The first-order valence-corrected chi connectivity index (χ1v) is 6.77. The molecule has 0 bridgehead atoms. The van der Waals surface area contributed by atoms with Crippen LogP contribution in [-0.4, -0.2) is 49.3 Å². The number of pyridine rings is 1. The minimum absolute atomic E-state index is 0.120. The van der Waals surface area contributed by atoms with Crippen molar-refractivity contribution >= 4 is 23.5 Å². The summed E-state index contributed by atoms with van der Waals surface area (Å²) in [5, 5.41) is 0. The molecule has 0 spiro atoms. The highest BCUT2D eigenvalue weighted by Crippen LogP contribution is 2.36. The van der Waals surface area contributed by atoms with E-state index in [1.807, 2.05) is 0 Å². The monoisotopic (exact) mass is 309 g/mol. The molecule has 1 amide bonds. The summed E-state index contributed by atoms with van der Waals surface area (Å²) in [6, 6.07) is 3.19. The van der Waals surface area contributed by atoms with Crippen LogP contribution in [0.2, 0.25) is 0 Å². The molecule has 0 fully saturated rings. The van der Waals surface area contributed by atoms with Gasteiger partial charge in [-0.2, -0.15) is 0 Å². The van der Waals surface area contributed by atoms with E-state index in [1.54, 1.807) is 26.0 Å². The van der Waals surface area contributed by atoms with Gasteiger partial charge in [0.25, 0.3) is 5.91 Å². The molecule has 0 unspecified atom stereocenters. The number of esters is 1. The van der Waals surface area contributed by atoms with Crippen LogP contribution in [-0.2, 0) is 19.1 Å². The van der Waals surface area contributed by atoms with Gasteiger partial charge in [-0.15, -0.1) is 0 Å². The Morgan fingerprint density at radius 3 is 2.82 bits per heavy atom. The van der Waals surface area contributed by atoms with Gasteiger partial charge < -0.3 is 19.9 Å². The summed E-state index contributed by atoms with van der Waals surface area (Å²) in [6.07, 6.45) is 0. The first-order chi connectivity index (χ1) is 10.3. The Balaban J connectivity index is 2.23. The molecule has 2 N–H and O–H groups in total. The summed E-state index contributed by atoms with van der Waals surface area (Å²) in [5.74, 6) is -0.107. The van der Waals surface area contributed by atoms with Gasteiger partial charge in [0.15, 0.2) is 17.2 Å². The number of methoxy groups -OCH3 is 1. The van der Waals surface area contributed by atoms with Crippen LogP contribution >= 0.6 is 0 Å². The molecule has 120 valence electrons. The molecule has 0 saturated heterocycles. The summed E-state index contributed by atoms with van der Waals surface area (Å²) in [7, 11) is 1.50. The first-order valence-electron chi connectivity index (χ1n) is 6.77. The van der Waals surface area contributed by atoms with Crippen molar-refractivity contribution in [2.75, 3.05) is 37.5 Å². The normalized spacial score (nSPS) is 16.0. The SMILES string of the molecule is COCCOC(=O)CN1C(=O)C(C)(C)Oc2ccc(N)nc21. The topological polar surface area (TPSA) is 104 Å². The molecule has 1 aromatic rings. The predicted octanol–water partition coefficient (Wildman–Crippen LogP) is 0.357. The lowest BCUT2D eigenvalue weighted by atomic mass is 10.1. The number of amides is 1. The van der Waals surface area contributed by atoms with E-state index in [1.165, 1.54) is 12.0 Å². The lowest BCUT2D eigenvalue weighted by Gasteiger charge is -2.37. The van der Waals surface area contributed by atoms with Crippen molar-refractivity contribution in [3.63, 3.8) is 0 Å². The number of aromatic nitrogens is 1. The number of carbonyl (C=O) groups excluding carboxylic acids is 2. The standard InChI is InChI=1S/C14H19N3O5/c1-14(2)13(19)17(8-11(18)21-7-6-20-3)12-9(22-14)4-5-10(15)16-12/h4-5H,6-8H2,1-3H3,(H2,15,16). The van der Waals surface area contributed by atoms with Gasteiger partial charge in [0, 0.05) is 7.11 Å². The Hall–Kier alpha value is -2.35. The smallest absolute Gasteiger partial charge is 0.326 e. The summed E-state index contributed by atoms with van der Waals surface area (Å²) in [6.45, 7) is 3.39. The lowest BCUT2D eigenvalue weighted by Crippen LogP contribution is -2.54. The van der Waals surface area contributed by atoms with Crippen molar-refractivity contribution in [3.05, 3.63) is 12.1 Å². The first kappa shape index (κ1) is 16.0. The van der Waals surface area contributed by atoms with Crippen LogP contribution in [0.1, 0.15) is 13.8 Å². The van der Waals surface area contributed by atoms with Gasteiger partial charge in [-0.25, -0.2) is 4.98 Å². The second-order valence-corrected chi connectivity index (χ2v) is 5.27. The van der Waals surface area contributed by atoms with Gasteiger partial charge in [-0.05, 0) is 26.0 Å². The van der Waals surface area contributed by atoms with Crippen molar-refractivity contribution in [2.24, 2.45) is 0 Å². The molecule has 8 heteroatoms. The number of nitrogens with two attached hydrogens (primary N) is 1. The number of nitrogens with zero attached hydrogens (tertiary/aromatic N) is 2. The fraction of sp³-hybridized carbons (Fsp3) is 0.500. The summed E-state index contributed by atoms with van der Waals surface area (Å²) in [5.41, 5.74) is 4.55. The third-order valence-corrected chi connectivity index (χ3v) is 3.08. The molecule has 1 aromatic heterocycles. The molecule has 1 aliphatic rings. The van der Waals surface area contributed by atoms with Crippen LogP contribution in [0.15, 0.2) is 12.1 Å². The Bertz CT molecular complexity index is 588. The molecule has 22 heavy (non-hydrogen) atoms. The van der Waals surface area contributed by atoms with Gasteiger partial charge in [0.05, 0.1) is 6.61 Å². The molecule has 0 radical (unpaired) electrons. The highest BCUT2D eigenvalue weighted by molar-refractivity contribution is 6.04. The van der Waals surface area contributed by atoms with E-state index < -0.39 is 11.6 Å². The number of carbonyl (C=O) groups is 2. The number of hydrogen-bond donors (Lipinski definition) is 1. The van der Waals surface area contributed by atoms with E-state index in [9.17, 15) is 9.59 Å². The summed E-state index contributed by atoms with van der Waals surface area (Å²) >= 11 is 0. The van der Waals surface area contributed by atoms with Gasteiger partial charge in [-0.3, -0.25) is 14.5 Å². The zero-order valence-electron chi connectivity index (χ0n) is 12.8. The van der Waals surface area contributed by atoms with E-state index in [4.69, 9.17) is 19.9 Å². The number of hydrogen-bond acceptors (Lipinski definition) is 7. The average Bonchev–Trinajstić information content (AvgIpc) is 2.45.